The van der Waals surface area contributed by atoms with Gasteiger partial charge in [-0.15, -0.1) is 0 Å². The van der Waals surface area contributed by atoms with Crippen LogP contribution in [-0.4, -0.2) is 31.6 Å². The van der Waals surface area contributed by atoms with Gasteiger partial charge in [-0.3, -0.25) is 19.1 Å². The zero-order valence-corrected chi connectivity index (χ0v) is 20.7. The molecule has 8 heteroatoms. The molecule has 34 heavy (non-hydrogen) atoms. The first-order chi connectivity index (χ1) is 16.3. The lowest BCUT2D eigenvalue weighted by molar-refractivity contribution is -0.118. The van der Waals surface area contributed by atoms with Gasteiger partial charge in [-0.1, -0.05) is 45.4 Å². The Morgan fingerprint density at radius 3 is 2.74 bits per heavy atom. The standard InChI is InChI=1S/C26H35N5O3/c1-5-6-14-30-24-23(25(33)28-26(30)34)31(16-17(2)3)20(27-24)12-13-21(32)29-15-8-11-19-10-7-9-18(4)22(19)29/h7,9-10,17H,5-6,8,11-16H2,1-4H3,(H,28,33,34). The van der Waals surface area contributed by atoms with E-state index in [1.807, 2.05) is 28.5 Å². The van der Waals surface area contributed by atoms with Gasteiger partial charge in [0, 0.05) is 38.2 Å². The van der Waals surface area contributed by atoms with Gasteiger partial charge in [-0.2, -0.15) is 0 Å². The van der Waals surface area contributed by atoms with E-state index in [4.69, 9.17) is 4.98 Å². The zero-order valence-electron chi connectivity index (χ0n) is 20.7. The van der Waals surface area contributed by atoms with E-state index < -0.39 is 11.2 Å². The number of amides is 1. The normalized spacial score (nSPS) is 13.6. The highest BCUT2D eigenvalue weighted by molar-refractivity contribution is 5.95. The Kier molecular flexibility index (Phi) is 7.05. The lowest BCUT2D eigenvalue weighted by Crippen LogP contribution is -2.36. The van der Waals surface area contributed by atoms with Crippen molar-refractivity contribution in [2.24, 2.45) is 5.92 Å². The van der Waals surface area contributed by atoms with Gasteiger partial charge in [0.05, 0.1) is 0 Å². The first kappa shape index (κ1) is 24.0. The molecule has 1 aromatic carbocycles. The Morgan fingerprint density at radius 1 is 1.21 bits per heavy atom. The number of rotatable bonds is 8. The summed E-state index contributed by atoms with van der Waals surface area (Å²) in [6.07, 6.45) is 4.40. The van der Waals surface area contributed by atoms with E-state index in [-0.39, 0.29) is 11.8 Å². The van der Waals surface area contributed by atoms with Crippen molar-refractivity contribution in [2.75, 3.05) is 11.4 Å². The zero-order chi connectivity index (χ0) is 24.4. The number of benzene rings is 1. The van der Waals surface area contributed by atoms with Crippen molar-refractivity contribution in [3.05, 3.63) is 56.0 Å². The number of fused-ring (bicyclic) bond motifs is 2. The van der Waals surface area contributed by atoms with Crippen LogP contribution in [0.4, 0.5) is 5.69 Å². The van der Waals surface area contributed by atoms with Crippen LogP contribution in [0.1, 0.15) is 63.4 Å². The molecule has 0 fully saturated rings. The van der Waals surface area contributed by atoms with E-state index in [1.165, 1.54) is 5.56 Å². The largest absolute Gasteiger partial charge is 0.330 e. The Bertz CT molecular complexity index is 1310. The highest BCUT2D eigenvalue weighted by Gasteiger charge is 2.25. The predicted molar refractivity (Wildman–Crippen MR) is 135 cm³/mol. The van der Waals surface area contributed by atoms with Crippen molar-refractivity contribution in [1.29, 1.82) is 0 Å². The molecule has 4 rings (SSSR count). The molecule has 1 amide bonds. The predicted octanol–water partition coefficient (Wildman–Crippen LogP) is 3.56. The maximum atomic E-state index is 13.3. The summed E-state index contributed by atoms with van der Waals surface area (Å²) in [6, 6.07) is 6.20. The molecule has 0 atom stereocenters. The van der Waals surface area contributed by atoms with Gasteiger partial charge in [0.2, 0.25) is 5.91 Å². The van der Waals surface area contributed by atoms with E-state index in [0.717, 1.165) is 43.5 Å². The minimum absolute atomic E-state index is 0.0654. The Labute approximate surface area is 199 Å². The number of aromatic amines is 1. The molecule has 0 saturated heterocycles. The average Bonchev–Trinajstić information content (AvgIpc) is 3.15. The van der Waals surface area contributed by atoms with Crippen molar-refractivity contribution < 1.29 is 4.79 Å². The Morgan fingerprint density at radius 2 is 2.00 bits per heavy atom. The van der Waals surface area contributed by atoms with Crippen LogP contribution in [-0.2, 0) is 30.7 Å². The summed E-state index contributed by atoms with van der Waals surface area (Å²) in [6.45, 7) is 10.1. The first-order valence-corrected chi connectivity index (χ1v) is 12.4. The minimum atomic E-state index is -0.428. The summed E-state index contributed by atoms with van der Waals surface area (Å²) in [5, 5.41) is 0. The van der Waals surface area contributed by atoms with E-state index in [1.54, 1.807) is 4.57 Å². The van der Waals surface area contributed by atoms with Crippen LogP contribution >= 0.6 is 0 Å². The van der Waals surface area contributed by atoms with Crippen LogP contribution in [0.5, 0.6) is 0 Å². The van der Waals surface area contributed by atoms with Crippen molar-refractivity contribution >= 4 is 22.8 Å². The SMILES string of the molecule is CCCCn1c(=O)[nH]c(=O)c2c1nc(CCC(=O)N1CCCc3cccc(C)c31)n2CC(C)C. The quantitative estimate of drug-likeness (QED) is 0.550. The maximum absolute atomic E-state index is 13.3. The van der Waals surface area contributed by atoms with E-state index in [9.17, 15) is 14.4 Å². The summed E-state index contributed by atoms with van der Waals surface area (Å²) in [7, 11) is 0. The third-order valence-corrected chi connectivity index (χ3v) is 6.53. The van der Waals surface area contributed by atoms with Gasteiger partial charge in [-0.25, -0.2) is 9.78 Å². The molecule has 0 aliphatic carbocycles. The van der Waals surface area contributed by atoms with Gasteiger partial charge < -0.3 is 9.47 Å². The first-order valence-electron chi connectivity index (χ1n) is 12.4. The molecule has 0 saturated carbocycles. The highest BCUT2D eigenvalue weighted by atomic mass is 16.2. The molecule has 3 aromatic rings. The number of anilines is 1. The minimum Gasteiger partial charge on any atom is -0.322 e. The summed E-state index contributed by atoms with van der Waals surface area (Å²) in [5.41, 5.74) is 3.37. The molecule has 182 valence electrons. The molecule has 1 aliphatic rings. The highest BCUT2D eigenvalue weighted by Crippen LogP contribution is 2.31. The number of unbranched alkanes of at least 4 members (excludes halogenated alkanes) is 1. The van der Waals surface area contributed by atoms with Crippen LogP contribution in [0.25, 0.3) is 11.2 Å². The molecular weight excluding hydrogens is 430 g/mol. The second-order valence-electron chi connectivity index (χ2n) is 9.70. The molecule has 0 unspecified atom stereocenters. The maximum Gasteiger partial charge on any atom is 0.330 e. The molecule has 1 aliphatic heterocycles. The van der Waals surface area contributed by atoms with Gasteiger partial charge in [-0.05, 0) is 43.2 Å². The van der Waals surface area contributed by atoms with Crippen molar-refractivity contribution in [1.82, 2.24) is 19.1 Å². The van der Waals surface area contributed by atoms with Crippen molar-refractivity contribution in [2.45, 2.75) is 79.3 Å². The van der Waals surface area contributed by atoms with Crippen LogP contribution in [0.15, 0.2) is 27.8 Å². The number of carbonyl (C=O) groups excluding carboxylic acids is 1. The molecule has 1 N–H and O–H groups in total. The number of hydrogen-bond acceptors (Lipinski definition) is 4. The third kappa shape index (κ3) is 4.58. The van der Waals surface area contributed by atoms with Crippen molar-refractivity contribution in [3.8, 4) is 0 Å². The van der Waals surface area contributed by atoms with Crippen LogP contribution in [0, 0.1) is 12.8 Å². The fourth-order valence-electron chi connectivity index (χ4n) is 4.94. The fraction of sp³-hybridized carbons (Fsp3) is 0.538. The number of H-pyrrole nitrogens is 1. The summed E-state index contributed by atoms with van der Waals surface area (Å²) < 4.78 is 3.47. The van der Waals surface area contributed by atoms with Gasteiger partial charge in [0.15, 0.2) is 11.2 Å². The number of hydrogen-bond donors (Lipinski definition) is 1. The Hall–Kier alpha value is -3.16. The second-order valence-corrected chi connectivity index (χ2v) is 9.70. The molecule has 0 bridgehead atoms. The summed E-state index contributed by atoms with van der Waals surface area (Å²) in [4.78, 5) is 47.8. The lowest BCUT2D eigenvalue weighted by Gasteiger charge is -2.31. The number of nitrogens with zero attached hydrogens (tertiary/aromatic N) is 4. The lowest BCUT2D eigenvalue weighted by atomic mass is 9.98. The second kappa shape index (κ2) is 9.99. The molecule has 0 radical (unpaired) electrons. The molecule has 2 aromatic heterocycles. The van der Waals surface area contributed by atoms with Crippen LogP contribution in [0.2, 0.25) is 0 Å². The fourth-order valence-corrected chi connectivity index (χ4v) is 4.94. The topological polar surface area (TPSA) is 93.0 Å². The number of para-hydroxylation sites is 1. The van der Waals surface area contributed by atoms with Gasteiger partial charge >= 0.3 is 5.69 Å². The van der Waals surface area contributed by atoms with Crippen molar-refractivity contribution in [3.63, 3.8) is 0 Å². The number of nitrogens with one attached hydrogen (secondary N) is 1. The monoisotopic (exact) mass is 465 g/mol. The Balaban J connectivity index is 1.68. The van der Waals surface area contributed by atoms with Crippen LogP contribution in [0.3, 0.4) is 0 Å². The molecule has 8 nitrogen and oxygen atoms in total. The van der Waals surface area contributed by atoms with Crippen LogP contribution < -0.4 is 16.1 Å². The number of aromatic nitrogens is 4. The van der Waals surface area contributed by atoms with Gasteiger partial charge in [0.1, 0.15) is 5.82 Å². The van der Waals surface area contributed by atoms with E-state index in [0.29, 0.717) is 42.9 Å². The smallest absolute Gasteiger partial charge is 0.322 e. The van der Waals surface area contributed by atoms with E-state index in [2.05, 4.69) is 31.8 Å². The number of aryl methyl sites for hydroxylation is 4. The number of carbonyl (C=O) groups is 1. The summed E-state index contributed by atoms with van der Waals surface area (Å²) >= 11 is 0. The molecule has 0 spiro atoms. The molecular formula is C26H35N5O3. The van der Waals surface area contributed by atoms with Gasteiger partial charge in [0.25, 0.3) is 5.56 Å². The average molecular weight is 466 g/mol. The number of imidazole rings is 1. The third-order valence-electron chi connectivity index (χ3n) is 6.53. The molecule has 3 heterocycles. The summed E-state index contributed by atoms with van der Waals surface area (Å²) in [5.74, 6) is 1.02. The van der Waals surface area contributed by atoms with E-state index >= 15 is 0 Å².